The number of benzene rings is 2. The summed E-state index contributed by atoms with van der Waals surface area (Å²) >= 11 is 24.0. The normalized spacial score (nSPS) is 31.6. The van der Waals surface area contributed by atoms with Gasteiger partial charge in [0.1, 0.15) is 5.75 Å². The first kappa shape index (κ1) is 30.2. The fourth-order valence-electron chi connectivity index (χ4n) is 7.23. The molecular weight excluding hydrogens is 687 g/mol. The molecule has 2 aromatic rings. The van der Waals surface area contributed by atoms with E-state index >= 15 is 0 Å². The minimum Gasteiger partial charge on any atom is -0.508 e. The van der Waals surface area contributed by atoms with Crippen LogP contribution in [0, 0.1) is 17.8 Å². The number of nitrogens with zero attached hydrogens (tertiary/aromatic N) is 2. The molecule has 226 valence electrons. The van der Waals surface area contributed by atoms with Crippen LogP contribution in [0.5, 0.6) is 17.2 Å². The monoisotopic (exact) mass is 710 g/mol. The third kappa shape index (κ3) is 4.24. The molecule has 2 saturated heterocycles. The topological polar surface area (TPSA) is 124 Å². The highest BCUT2D eigenvalue weighted by Gasteiger charge is 2.76. The van der Waals surface area contributed by atoms with Gasteiger partial charge in [0.05, 0.1) is 29.4 Å². The molecule has 0 spiro atoms. The minimum atomic E-state index is -2.00. The Kier molecular flexibility index (Phi) is 7.51. The van der Waals surface area contributed by atoms with Crippen LogP contribution in [-0.2, 0) is 25.6 Å². The van der Waals surface area contributed by atoms with Crippen LogP contribution in [-0.4, -0.2) is 72.5 Å². The predicted molar refractivity (Wildman–Crippen MR) is 162 cm³/mol. The van der Waals surface area contributed by atoms with E-state index in [1.807, 2.05) is 6.08 Å². The molecule has 2 aromatic carbocycles. The van der Waals surface area contributed by atoms with Crippen molar-refractivity contribution in [3.05, 3.63) is 64.2 Å². The van der Waals surface area contributed by atoms with Crippen LogP contribution < -0.4 is 4.74 Å². The Bertz CT molecular complexity index is 1600. The molecule has 2 aliphatic carbocycles. The number of likely N-dealkylation sites (tertiary alicyclic amines) is 2. The summed E-state index contributed by atoms with van der Waals surface area (Å²) in [6, 6.07) is 9.47. The van der Waals surface area contributed by atoms with Crippen LogP contribution in [0.1, 0.15) is 29.9 Å². The van der Waals surface area contributed by atoms with Crippen molar-refractivity contribution in [2.45, 2.75) is 34.9 Å². The Hall–Kier alpha value is -2.79. The van der Waals surface area contributed by atoms with E-state index in [0.29, 0.717) is 17.6 Å². The van der Waals surface area contributed by atoms with Crippen molar-refractivity contribution in [2.75, 3.05) is 19.1 Å². The summed E-state index contributed by atoms with van der Waals surface area (Å²) in [6.07, 6.45) is 2.31. The summed E-state index contributed by atoms with van der Waals surface area (Å²) in [5.74, 6) is -5.45. The van der Waals surface area contributed by atoms with Gasteiger partial charge in [0.15, 0.2) is 21.2 Å². The number of phenols is 2. The average molecular weight is 713 g/mol. The lowest BCUT2D eigenvalue weighted by atomic mass is 9.56. The molecule has 9 nitrogen and oxygen atoms in total. The lowest BCUT2D eigenvalue weighted by Crippen LogP contribution is -2.60. The fourth-order valence-corrected chi connectivity index (χ4v) is 8.88. The van der Waals surface area contributed by atoms with Gasteiger partial charge >= 0.3 is 0 Å². The number of hydrogen-bond acceptors (Lipinski definition) is 7. The largest absolute Gasteiger partial charge is 0.508 e. The molecule has 1 saturated carbocycles. The zero-order valence-electron chi connectivity index (χ0n) is 22.7. The van der Waals surface area contributed by atoms with E-state index in [4.69, 9.17) is 39.5 Å². The molecule has 2 N–H and O–H groups in total. The van der Waals surface area contributed by atoms with Crippen molar-refractivity contribution in [1.29, 1.82) is 0 Å². The lowest BCUT2D eigenvalue weighted by Gasteiger charge is -2.50. The van der Waals surface area contributed by atoms with E-state index in [0.717, 1.165) is 10.5 Å². The SMILES string of the molecule is COc1cc([C@H]2C3=CC[C@@H]4C(=O)N(CCc5ccc(O)cc5)C(=O)[C@@H]4[C@@H]3C[C@@]3(Cl)C(=O)N(CBr)C(=O)[C@@]23Cl)cc(Cl)c1O. The number of hydrogen-bond donors (Lipinski definition) is 2. The van der Waals surface area contributed by atoms with E-state index in [9.17, 15) is 29.4 Å². The second-order valence-electron chi connectivity index (χ2n) is 11.3. The highest BCUT2D eigenvalue weighted by atomic mass is 79.9. The number of methoxy groups -OCH3 is 1. The molecule has 0 aromatic heterocycles. The third-order valence-electron chi connectivity index (χ3n) is 9.27. The Morgan fingerprint density at radius 3 is 2.35 bits per heavy atom. The van der Waals surface area contributed by atoms with E-state index in [1.54, 1.807) is 24.3 Å². The molecule has 0 radical (unpaired) electrons. The second-order valence-corrected chi connectivity index (χ2v) is 13.4. The molecule has 43 heavy (non-hydrogen) atoms. The number of fused-ring (bicyclic) bond motifs is 4. The van der Waals surface area contributed by atoms with Crippen molar-refractivity contribution < 1.29 is 34.1 Å². The van der Waals surface area contributed by atoms with Crippen LogP contribution in [0.15, 0.2) is 48.0 Å². The summed E-state index contributed by atoms with van der Waals surface area (Å²) in [7, 11) is 1.35. The summed E-state index contributed by atoms with van der Waals surface area (Å²) < 4.78 is 5.32. The molecule has 2 aliphatic heterocycles. The quantitative estimate of drug-likeness (QED) is 0.193. The van der Waals surface area contributed by atoms with Crippen molar-refractivity contribution in [1.82, 2.24) is 9.80 Å². The van der Waals surface area contributed by atoms with Gasteiger partial charge in [-0.3, -0.25) is 29.0 Å². The number of aromatic hydroxyl groups is 2. The van der Waals surface area contributed by atoms with Gasteiger partial charge in [0, 0.05) is 12.5 Å². The van der Waals surface area contributed by atoms with Gasteiger partial charge in [0.2, 0.25) is 11.8 Å². The smallest absolute Gasteiger partial charge is 0.254 e. The molecule has 0 unspecified atom stereocenters. The maximum absolute atomic E-state index is 14.0. The van der Waals surface area contributed by atoms with Crippen LogP contribution in [0.4, 0.5) is 0 Å². The summed E-state index contributed by atoms with van der Waals surface area (Å²) in [5.41, 5.74) is 1.68. The van der Waals surface area contributed by atoms with Crippen molar-refractivity contribution in [3.63, 3.8) is 0 Å². The standard InChI is InChI=1S/C30H26BrCl3N2O7/c1-43-21-11-15(10-20(32)24(21)38)23-17-6-7-18-22(19(17)12-29(33)27(41)36(13-31)28(42)30(23,29)34)26(40)35(25(18)39)9-8-14-2-4-16(37)5-3-14/h2-6,10-11,18-19,22-23,37-38H,7-9,12-13H2,1H3/t18-,19+,22-,23-,29+,30-/m0/s1. The minimum absolute atomic E-state index is 0.0287. The molecule has 6 atom stereocenters. The van der Waals surface area contributed by atoms with Gasteiger partial charge in [-0.25, -0.2) is 0 Å². The molecule has 4 aliphatic rings. The number of halogens is 4. The van der Waals surface area contributed by atoms with Crippen molar-refractivity contribution >= 4 is 74.4 Å². The van der Waals surface area contributed by atoms with E-state index < -0.39 is 45.2 Å². The number of alkyl halides is 3. The highest BCUT2D eigenvalue weighted by Crippen LogP contribution is 2.66. The van der Waals surface area contributed by atoms with Gasteiger partial charge in [-0.1, -0.05) is 51.3 Å². The molecular formula is C30H26BrCl3N2O7. The van der Waals surface area contributed by atoms with Crippen LogP contribution in [0.3, 0.4) is 0 Å². The Morgan fingerprint density at radius 2 is 1.70 bits per heavy atom. The molecule has 6 rings (SSSR count). The number of carbonyl (C=O) groups excluding carboxylic acids is 4. The Morgan fingerprint density at radius 1 is 1.00 bits per heavy atom. The maximum atomic E-state index is 14.0. The van der Waals surface area contributed by atoms with Gasteiger partial charge in [0.25, 0.3) is 11.8 Å². The average Bonchev–Trinajstić information content (AvgIpc) is 3.31. The van der Waals surface area contributed by atoms with Gasteiger partial charge in [-0.2, -0.15) is 0 Å². The van der Waals surface area contributed by atoms with E-state index in [-0.39, 0.29) is 58.9 Å². The Labute approximate surface area is 270 Å². The van der Waals surface area contributed by atoms with Crippen LogP contribution >= 0.6 is 50.7 Å². The maximum Gasteiger partial charge on any atom is 0.254 e. The highest BCUT2D eigenvalue weighted by molar-refractivity contribution is 9.09. The number of allylic oxidation sites excluding steroid dienone is 2. The molecule has 2 heterocycles. The first-order chi connectivity index (χ1) is 20.4. The van der Waals surface area contributed by atoms with Crippen molar-refractivity contribution in [2.24, 2.45) is 17.8 Å². The van der Waals surface area contributed by atoms with Crippen LogP contribution in [0.2, 0.25) is 5.02 Å². The van der Waals surface area contributed by atoms with Gasteiger partial charge < -0.3 is 14.9 Å². The molecule has 0 bridgehead atoms. The predicted octanol–water partition coefficient (Wildman–Crippen LogP) is 4.71. The van der Waals surface area contributed by atoms with Crippen molar-refractivity contribution in [3.8, 4) is 17.2 Å². The second kappa shape index (κ2) is 10.7. The lowest BCUT2D eigenvalue weighted by molar-refractivity contribution is -0.141. The summed E-state index contributed by atoms with van der Waals surface area (Å²) in [6.45, 7) is 0.145. The number of carbonyl (C=O) groups is 4. The van der Waals surface area contributed by atoms with Gasteiger partial charge in [-0.05, 0) is 60.6 Å². The van der Waals surface area contributed by atoms with E-state index in [1.165, 1.54) is 24.1 Å². The summed E-state index contributed by atoms with van der Waals surface area (Å²) in [5, 5.41) is 19.9. The molecule has 3 fully saturated rings. The first-order valence-corrected chi connectivity index (χ1v) is 15.8. The number of imide groups is 2. The molecule has 13 heteroatoms. The number of ether oxygens (including phenoxy) is 1. The zero-order chi connectivity index (χ0) is 31.0. The molecule has 4 amide bonds. The van der Waals surface area contributed by atoms with Crippen LogP contribution in [0.25, 0.3) is 0 Å². The fraction of sp³-hybridized carbons (Fsp3) is 0.400. The Balaban J connectivity index is 1.44. The number of rotatable bonds is 6. The number of amides is 4. The first-order valence-electron chi connectivity index (χ1n) is 13.6. The number of phenolic OH excluding ortho intramolecular Hbond substituents is 2. The summed E-state index contributed by atoms with van der Waals surface area (Å²) in [4.78, 5) is 53.5. The van der Waals surface area contributed by atoms with E-state index in [2.05, 4.69) is 15.9 Å². The zero-order valence-corrected chi connectivity index (χ0v) is 26.6. The van der Waals surface area contributed by atoms with Gasteiger partial charge in [-0.15, -0.1) is 23.2 Å². The third-order valence-corrected chi connectivity index (χ3v) is 11.5.